The van der Waals surface area contributed by atoms with Crippen molar-refractivity contribution in [1.82, 2.24) is 9.97 Å². The maximum absolute atomic E-state index is 12.4. The minimum absolute atomic E-state index is 0.235. The molecular formula is C20H19ClN4O. The molecule has 0 unspecified atom stereocenters. The van der Waals surface area contributed by atoms with Gasteiger partial charge in [-0.15, -0.1) is 0 Å². The SMILES string of the molecule is CCc1ccccc1Nc1cnc(C(=O)Nc2cccc(Cl)c2C)cn1. The van der Waals surface area contributed by atoms with Crippen LogP contribution >= 0.6 is 11.6 Å². The zero-order chi connectivity index (χ0) is 18.5. The minimum Gasteiger partial charge on any atom is -0.339 e. The third-order valence-corrected chi connectivity index (χ3v) is 4.47. The lowest BCUT2D eigenvalue weighted by Gasteiger charge is -2.11. The summed E-state index contributed by atoms with van der Waals surface area (Å²) in [6, 6.07) is 13.4. The molecule has 0 spiro atoms. The third kappa shape index (κ3) is 4.00. The number of carbonyl (C=O) groups is 1. The first-order valence-electron chi connectivity index (χ1n) is 8.32. The molecule has 26 heavy (non-hydrogen) atoms. The van der Waals surface area contributed by atoms with E-state index >= 15 is 0 Å². The van der Waals surface area contributed by atoms with Crippen molar-refractivity contribution in [3.63, 3.8) is 0 Å². The molecule has 1 heterocycles. The van der Waals surface area contributed by atoms with Crippen LogP contribution in [0.15, 0.2) is 54.9 Å². The largest absolute Gasteiger partial charge is 0.339 e. The molecule has 0 bridgehead atoms. The van der Waals surface area contributed by atoms with Gasteiger partial charge in [0.25, 0.3) is 5.91 Å². The second kappa shape index (κ2) is 7.97. The Morgan fingerprint density at radius 1 is 1.04 bits per heavy atom. The number of aromatic nitrogens is 2. The van der Waals surface area contributed by atoms with Crippen LogP contribution in [0.4, 0.5) is 17.2 Å². The number of benzene rings is 2. The van der Waals surface area contributed by atoms with E-state index in [9.17, 15) is 4.79 Å². The van der Waals surface area contributed by atoms with Gasteiger partial charge in [0.05, 0.1) is 12.4 Å². The molecule has 6 heteroatoms. The predicted molar refractivity (Wildman–Crippen MR) is 105 cm³/mol. The van der Waals surface area contributed by atoms with Gasteiger partial charge in [0.1, 0.15) is 11.5 Å². The number of hydrogen-bond donors (Lipinski definition) is 2. The van der Waals surface area contributed by atoms with Gasteiger partial charge in [-0.1, -0.05) is 42.8 Å². The average Bonchev–Trinajstić information content (AvgIpc) is 2.66. The van der Waals surface area contributed by atoms with Crippen LogP contribution in [0, 0.1) is 6.92 Å². The number of hydrogen-bond acceptors (Lipinski definition) is 4. The van der Waals surface area contributed by atoms with Crippen LogP contribution in [0.1, 0.15) is 28.5 Å². The smallest absolute Gasteiger partial charge is 0.275 e. The number of carbonyl (C=O) groups excluding carboxylic acids is 1. The molecule has 0 aliphatic heterocycles. The number of anilines is 3. The van der Waals surface area contributed by atoms with Crippen molar-refractivity contribution in [2.45, 2.75) is 20.3 Å². The van der Waals surface area contributed by atoms with Crippen molar-refractivity contribution >= 4 is 34.7 Å². The van der Waals surface area contributed by atoms with E-state index in [0.29, 0.717) is 16.5 Å². The fraction of sp³-hybridized carbons (Fsp3) is 0.150. The van der Waals surface area contributed by atoms with Crippen LogP contribution in [0.2, 0.25) is 5.02 Å². The van der Waals surface area contributed by atoms with E-state index in [-0.39, 0.29) is 11.6 Å². The average molecular weight is 367 g/mol. The molecule has 5 nitrogen and oxygen atoms in total. The molecule has 0 fully saturated rings. The Kier molecular flexibility index (Phi) is 5.49. The molecule has 0 aliphatic carbocycles. The molecule has 2 N–H and O–H groups in total. The Balaban J connectivity index is 1.73. The molecular weight excluding hydrogens is 348 g/mol. The first-order chi connectivity index (χ1) is 12.6. The Labute approximate surface area is 157 Å². The van der Waals surface area contributed by atoms with Crippen molar-refractivity contribution in [3.8, 4) is 0 Å². The van der Waals surface area contributed by atoms with Crippen LogP contribution in [-0.4, -0.2) is 15.9 Å². The number of amides is 1. The Bertz CT molecular complexity index is 925. The first kappa shape index (κ1) is 17.9. The number of nitrogens with one attached hydrogen (secondary N) is 2. The molecule has 0 atom stereocenters. The van der Waals surface area contributed by atoms with E-state index in [4.69, 9.17) is 11.6 Å². The zero-order valence-corrected chi connectivity index (χ0v) is 15.3. The molecule has 132 valence electrons. The maximum Gasteiger partial charge on any atom is 0.275 e. The van der Waals surface area contributed by atoms with E-state index in [2.05, 4.69) is 33.6 Å². The van der Waals surface area contributed by atoms with E-state index < -0.39 is 0 Å². The van der Waals surface area contributed by atoms with Gasteiger partial charge in [-0.3, -0.25) is 4.79 Å². The zero-order valence-electron chi connectivity index (χ0n) is 14.6. The Morgan fingerprint density at radius 2 is 1.81 bits per heavy atom. The van der Waals surface area contributed by atoms with Crippen molar-refractivity contribution in [2.75, 3.05) is 10.6 Å². The lowest BCUT2D eigenvalue weighted by Crippen LogP contribution is -2.15. The highest BCUT2D eigenvalue weighted by Gasteiger charge is 2.11. The van der Waals surface area contributed by atoms with Crippen molar-refractivity contribution in [3.05, 3.63) is 76.7 Å². The molecule has 1 aromatic heterocycles. The van der Waals surface area contributed by atoms with Gasteiger partial charge >= 0.3 is 0 Å². The highest BCUT2D eigenvalue weighted by Crippen LogP contribution is 2.23. The second-order valence-corrected chi connectivity index (χ2v) is 6.20. The fourth-order valence-corrected chi connectivity index (χ4v) is 2.70. The monoisotopic (exact) mass is 366 g/mol. The number of rotatable bonds is 5. The summed E-state index contributed by atoms with van der Waals surface area (Å²) >= 11 is 6.08. The quantitative estimate of drug-likeness (QED) is 0.667. The standard InChI is InChI=1S/C20H19ClN4O/c1-3-14-7-4-5-9-17(14)24-19-12-22-18(11-23-19)20(26)25-16-10-6-8-15(21)13(16)2/h4-12H,3H2,1-2H3,(H,23,24)(H,25,26). The Hall–Kier alpha value is -2.92. The molecule has 0 saturated carbocycles. The van der Waals surface area contributed by atoms with Gasteiger partial charge in [-0.05, 0) is 42.7 Å². The van der Waals surface area contributed by atoms with E-state index in [0.717, 1.165) is 17.7 Å². The van der Waals surface area contributed by atoms with E-state index in [1.54, 1.807) is 24.4 Å². The normalized spacial score (nSPS) is 10.4. The molecule has 0 aliphatic rings. The third-order valence-electron chi connectivity index (χ3n) is 4.06. The second-order valence-electron chi connectivity index (χ2n) is 5.79. The Morgan fingerprint density at radius 3 is 2.54 bits per heavy atom. The van der Waals surface area contributed by atoms with Crippen molar-refractivity contribution in [2.24, 2.45) is 0 Å². The first-order valence-corrected chi connectivity index (χ1v) is 8.69. The summed E-state index contributed by atoms with van der Waals surface area (Å²) < 4.78 is 0. The molecule has 3 aromatic rings. The van der Waals surface area contributed by atoms with Gasteiger partial charge < -0.3 is 10.6 Å². The van der Waals surface area contributed by atoms with Crippen LogP contribution in [0.3, 0.4) is 0 Å². The maximum atomic E-state index is 12.4. The summed E-state index contributed by atoms with van der Waals surface area (Å²) in [5.74, 6) is 0.254. The summed E-state index contributed by atoms with van der Waals surface area (Å²) in [7, 11) is 0. The van der Waals surface area contributed by atoms with Crippen LogP contribution < -0.4 is 10.6 Å². The highest BCUT2D eigenvalue weighted by molar-refractivity contribution is 6.31. The number of aryl methyl sites for hydroxylation is 1. The predicted octanol–water partition coefficient (Wildman–Crippen LogP) is 5.00. The van der Waals surface area contributed by atoms with Crippen LogP contribution in [-0.2, 0) is 6.42 Å². The molecule has 0 radical (unpaired) electrons. The number of halogens is 1. The van der Waals surface area contributed by atoms with Gasteiger partial charge in [0, 0.05) is 16.4 Å². The molecule has 3 rings (SSSR count). The van der Waals surface area contributed by atoms with Crippen LogP contribution in [0.5, 0.6) is 0 Å². The summed E-state index contributed by atoms with van der Waals surface area (Å²) in [5.41, 5.74) is 3.87. The topological polar surface area (TPSA) is 66.9 Å². The summed E-state index contributed by atoms with van der Waals surface area (Å²) in [6.45, 7) is 3.94. The summed E-state index contributed by atoms with van der Waals surface area (Å²) in [4.78, 5) is 20.9. The van der Waals surface area contributed by atoms with Crippen molar-refractivity contribution < 1.29 is 4.79 Å². The lowest BCUT2D eigenvalue weighted by molar-refractivity contribution is 0.102. The van der Waals surface area contributed by atoms with Gasteiger partial charge in [0.15, 0.2) is 0 Å². The van der Waals surface area contributed by atoms with Crippen molar-refractivity contribution in [1.29, 1.82) is 0 Å². The van der Waals surface area contributed by atoms with E-state index in [1.807, 2.05) is 25.1 Å². The summed E-state index contributed by atoms with van der Waals surface area (Å²) in [6.07, 6.45) is 3.91. The summed E-state index contributed by atoms with van der Waals surface area (Å²) in [5, 5.41) is 6.64. The van der Waals surface area contributed by atoms with Crippen LogP contribution in [0.25, 0.3) is 0 Å². The highest BCUT2D eigenvalue weighted by atomic mass is 35.5. The number of para-hydroxylation sites is 1. The fourth-order valence-electron chi connectivity index (χ4n) is 2.53. The van der Waals surface area contributed by atoms with Gasteiger partial charge in [-0.25, -0.2) is 9.97 Å². The number of nitrogens with zero attached hydrogens (tertiary/aromatic N) is 2. The lowest BCUT2D eigenvalue weighted by atomic mass is 10.1. The van der Waals surface area contributed by atoms with Gasteiger partial charge in [-0.2, -0.15) is 0 Å². The minimum atomic E-state index is -0.330. The molecule has 2 aromatic carbocycles. The van der Waals surface area contributed by atoms with E-state index in [1.165, 1.54) is 11.8 Å². The van der Waals surface area contributed by atoms with Gasteiger partial charge in [0.2, 0.25) is 0 Å². The molecule has 1 amide bonds. The molecule has 0 saturated heterocycles.